The number of nitrogens with zero attached hydrogens (tertiary/aromatic N) is 2. The quantitative estimate of drug-likeness (QED) is 0.133. The lowest BCUT2D eigenvalue weighted by Gasteiger charge is -2.47. The van der Waals surface area contributed by atoms with E-state index in [1.165, 1.54) is 0 Å². The highest BCUT2D eigenvalue weighted by molar-refractivity contribution is 5.80. The molecular weight excluding hydrogens is 1030 g/mol. The van der Waals surface area contributed by atoms with Gasteiger partial charge < -0.3 is 90.3 Å². The smallest absolute Gasteiger partial charge is 0.308 e. The highest BCUT2D eigenvalue weighted by atomic mass is 16.7. The molecule has 0 radical (unpaired) electrons. The Hall–Kier alpha value is -4.05. The number of likely N-dealkylation sites (N-methyl/N-ethyl adjacent to an activating group) is 1. The van der Waals surface area contributed by atoms with E-state index in [1.807, 2.05) is 43.4 Å². The summed E-state index contributed by atoms with van der Waals surface area (Å²) in [5.74, 6) is -6.03. The van der Waals surface area contributed by atoms with Gasteiger partial charge in [-0.2, -0.15) is 0 Å². The lowest BCUT2D eigenvalue weighted by atomic mass is 9.81. The van der Waals surface area contributed by atoms with Crippen LogP contribution in [0, 0.1) is 17.8 Å². The van der Waals surface area contributed by atoms with Crippen molar-refractivity contribution in [3.63, 3.8) is 0 Å². The van der Waals surface area contributed by atoms with Crippen LogP contribution >= 0.6 is 0 Å². The standard InChI is InChI=1S/C57H92N4O18/c1-36-19-17-15-13-11-9-7-8-10-12-14-16-18-20-43(78-56-54(72)51(53(71)39(4)77-56)59-48(68)35-58-5)32-47-50(55(73)61-25-23-60(24-26-61)27-28-75-6)46(67)34-57(74,79-47)33-42(64)30-45(66)44(65)22-21-40(62)29-41(63)31-49(69)76-38(3)37(2)52(36)70/h7-20,36-47,50-54,56,58,62-67,70-72,74H,21-35H2,1-6H3,(H,59,68)/b8-7+,11-9+,12-10+,15-13+,16-14+,19-17+,20-18+/t36-,37-,38-,39+,40+,41+,42-,43-,44+,45+,46-,47-,50+,51-,52+,53+,54-,56-,57+/m0/s1. The van der Waals surface area contributed by atoms with Gasteiger partial charge in [-0.25, -0.2) is 0 Å². The molecule has 0 saturated carbocycles. The molecule has 22 heteroatoms. The fourth-order valence-corrected chi connectivity index (χ4v) is 10.1. The third-order valence-electron chi connectivity index (χ3n) is 14.9. The molecule has 22 nitrogen and oxygen atoms in total. The molecule has 79 heavy (non-hydrogen) atoms. The first-order valence-corrected chi connectivity index (χ1v) is 27.7. The molecule has 2 amide bonds. The number of allylic oxidation sites excluding steroid dienone is 12. The summed E-state index contributed by atoms with van der Waals surface area (Å²) < 4.78 is 29.5. The molecule has 0 aliphatic carbocycles. The zero-order valence-corrected chi connectivity index (χ0v) is 46.7. The number of fused-ring (bicyclic) bond motifs is 2. The Morgan fingerprint density at radius 3 is 1.91 bits per heavy atom. The summed E-state index contributed by atoms with van der Waals surface area (Å²) in [6.45, 7) is 9.52. The fourth-order valence-electron chi connectivity index (χ4n) is 10.1. The minimum Gasteiger partial charge on any atom is -0.462 e. The number of hydrogen-bond donors (Lipinski definition) is 12. The van der Waals surface area contributed by atoms with E-state index in [4.69, 9.17) is 23.7 Å². The maximum atomic E-state index is 14.6. The van der Waals surface area contributed by atoms with Crippen LogP contribution in [-0.2, 0) is 38.1 Å². The number of carbonyl (C=O) groups is 3. The molecule has 2 bridgehead atoms. The van der Waals surface area contributed by atoms with E-state index in [0.717, 1.165) is 0 Å². The lowest BCUT2D eigenvalue weighted by molar-refractivity contribution is -0.308. The average molecular weight is 1120 g/mol. The summed E-state index contributed by atoms with van der Waals surface area (Å²) in [6, 6.07) is -1.22. The van der Waals surface area contributed by atoms with Gasteiger partial charge in [0.25, 0.3) is 0 Å². The van der Waals surface area contributed by atoms with Gasteiger partial charge in [0, 0.05) is 77.4 Å². The van der Waals surface area contributed by atoms with E-state index in [9.17, 15) is 65.4 Å². The Morgan fingerprint density at radius 1 is 0.696 bits per heavy atom. The molecule has 3 fully saturated rings. The number of cyclic esters (lactones) is 1. The van der Waals surface area contributed by atoms with E-state index in [1.54, 1.807) is 88.4 Å². The third-order valence-corrected chi connectivity index (χ3v) is 14.9. The number of carbonyl (C=O) groups excluding carboxylic acids is 3. The number of methoxy groups -OCH3 is 1. The lowest BCUT2D eigenvalue weighted by Crippen LogP contribution is -2.64. The number of amides is 2. The molecule has 0 aromatic heterocycles. The molecule has 0 spiro atoms. The number of aliphatic hydroxyl groups excluding tert-OH is 9. The van der Waals surface area contributed by atoms with E-state index < -0.39 is 153 Å². The van der Waals surface area contributed by atoms with Crippen LogP contribution in [0.15, 0.2) is 85.1 Å². The van der Waals surface area contributed by atoms with Crippen LogP contribution in [0.3, 0.4) is 0 Å². The summed E-state index contributed by atoms with van der Waals surface area (Å²) in [6.07, 6.45) is 3.90. The zero-order chi connectivity index (χ0) is 58.2. The molecule has 4 heterocycles. The van der Waals surface area contributed by atoms with E-state index in [2.05, 4.69) is 15.5 Å². The number of ether oxygens (including phenoxy) is 5. The van der Waals surface area contributed by atoms with Crippen molar-refractivity contribution in [1.29, 1.82) is 0 Å². The summed E-state index contributed by atoms with van der Waals surface area (Å²) in [4.78, 5) is 43.8. The second kappa shape index (κ2) is 34.4. The number of esters is 1. The number of hydrogen-bond acceptors (Lipinski definition) is 20. The van der Waals surface area contributed by atoms with Gasteiger partial charge in [0.15, 0.2) is 12.1 Å². The van der Waals surface area contributed by atoms with Crippen LogP contribution < -0.4 is 10.6 Å². The van der Waals surface area contributed by atoms with Crippen LogP contribution in [0.25, 0.3) is 0 Å². The van der Waals surface area contributed by atoms with Crippen LogP contribution in [0.5, 0.6) is 0 Å². The molecule has 12 N–H and O–H groups in total. The minimum absolute atomic E-state index is 0.106. The largest absolute Gasteiger partial charge is 0.462 e. The van der Waals surface area contributed by atoms with Crippen molar-refractivity contribution in [3.05, 3.63) is 85.1 Å². The van der Waals surface area contributed by atoms with Gasteiger partial charge >= 0.3 is 5.97 Å². The van der Waals surface area contributed by atoms with Gasteiger partial charge in [-0.3, -0.25) is 19.3 Å². The molecule has 4 aliphatic heterocycles. The molecule has 3 saturated heterocycles. The second-order valence-electron chi connectivity index (χ2n) is 21.4. The van der Waals surface area contributed by atoms with Gasteiger partial charge in [0.1, 0.15) is 18.3 Å². The number of aliphatic hydroxyl groups is 10. The van der Waals surface area contributed by atoms with Gasteiger partial charge in [0.2, 0.25) is 11.8 Å². The Labute approximate surface area is 465 Å². The Kier molecular flexibility index (Phi) is 29.4. The first kappa shape index (κ1) is 67.5. The molecule has 0 aromatic carbocycles. The maximum Gasteiger partial charge on any atom is 0.308 e. The Bertz CT molecular complexity index is 2050. The van der Waals surface area contributed by atoms with Crippen molar-refractivity contribution < 1.29 is 89.1 Å². The third kappa shape index (κ3) is 22.7. The Morgan fingerprint density at radius 2 is 1.30 bits per heavy atom. The van der Waals surface area contributed by atoms with Crippen LogP contribution in [0.4, 0.5) is 0 Å². The number of rotatable bonds is 9. The fraction of sp³-hybridized carbons (Fsp3) is 0.702. The predicted octanol–water partition coefficient (Wildman–Crippen LogP) is -0.205. The van der Waals surface area contributed by atoms with Crippen molar-refractivity contribution in [2.24, 2.45) is 17.8 Å². The summed E-state index contributed by atoms with van der Waals surface area (Å²) in [5.41, 5.74) is 0. The van der Waals surface area contributed by atoms with E-state index in [0.29, 0.717) is 39.3 Å². The van der Waals surface area contributed by atoms with Crippen LogP contribution in [-0.4, -0.2) is 236 Å². The van der Waals surface area contributed by atoms with Crippen molar-refractivity contribution in [3.8, 4) is 0 Å². The number of piperazine rings is 1. The summed E-state index contributed by atoms with van der Waals surface area (Å²) in [7, 11) is 3.17. The summed E-state index contributed by atoms with van der Waals surface area (Å²) >= 11 is 0. The molecule has 4 rings (SSSR count). The average Bonchev–Trinajstić information content (AvgIpc) is 3.44. The van der Waals surface area contributed by atoms with Crippen molar-refractivity contribution in [2.45, 2.75) is 177 Å². The van der Waals surface area contributed by atoms with E-state index in [-0.39, 0.29) is 38.1 Å². The molecule has 0 aromatic rings. The zero-order valence-electron chi connectivity index (χ0n) is 46.7. The summed E-state index contributed by atoms with van der Waals surface area (Å²) in [5, 5.41) is 118. The SMILES string of the molecule is CNCC(=O)N[C@@H]1[C@H](O)[C@H](O[C@H]2/C=C/C=C/C=C/C=C/C=C/C=C/C=C/[C@H](C)[C@@H](O)[C@@H](C)[C@H](C)OC(=O)C[C@H](O)C[C@H](O)CC[C@@H](O)[C@H](O)C[C@H](O)C[C@]3(O)C[C@H](O)[C@@H](C(=O)N4CCN(CCOC)CC4)[C@H](C2)O3)O[C@H](C)[C@H]1O. The highest BCUT2D eigenvalue weighted by Gasteiger charge is 2.52. The molecule has 19 atom stereocenters. The molecule has 4 aliphatic rings. The monoisotopic (exact) mass is 1120 g/mol. The van der Waals surface area contributed by atoms with Crippen molar-refractivity contribution >= 4 is 17.8 Å². The first-order valence-electron chi connectivity index (χ1n) is 27.7. The van der Waals surface area contributed by atoms with Crippen LogP contribution in [0.2, 0.25) is 0 Å². The topological polar surface area (TPSA) is 330 Å². The van der Waals surface area contributed by atoms with E-state index >= 15 is 0 Å². The normalized spacial score (nSPS) is 40.9. The van der Waals surface area contributed by atoms with Crippen LogP contribution in [0.1, 0.15) is 79.1 Å². The highest BCUT2D eigenvalue weighted by Crippen LogP contribution is 2.39. The van der Waals surface area contributed by atoms with Gasteiger partial charge in [-0.1, -0.05) is 98.9 Å². The molecule has 448 valence electrons. The second-order valence-corrected chi connectivity index (χ2v) is 21.4. The molecule has 0 unspecified atom stereocenters. The first-order chi connectivity index (χ1) is 37.6. The van der Waals surface area contributed by atoms with Gasteiger partial charge in [-0.15, -0.1) is 0 Å². The van der Waals surface area contributed by atoms with Crippen molar-refractivity contribution in [2.75, 3.05) is 60.0 Å². The van der Waals surface area contributed by atoms with Gasteiger partial charge in [0.05, 0.1) is 92.6 Å². The van der Waals surface area contributed by atoms with Crippen molar-refractivity contribution in [1.82, 2.24) is 20.4 Å². The number of nitrogens with one attached hydrogen (secondary N) is 2. The minimum atomic E-state index is -2.31. The predicted molar refractivity (Wildman–Crippen MR) is 292 cm³/mol. The molecular formula is C57H92N4O18. The maximum absolute atomic E-state index is 14.6. The van der Waals surface area contributed by atoms with Gasteiger partial charge in [-0.05, 0) is 40.2 Å². The Balaban J connectivity index is 1.66.